The van der Waals surface area contributed by atoms with Crippen molar-refractivity contribution in [2.75, 3.05) is 13.7 Å². The van der Waals surface area contributed by atoms with Gasteiger partial charge in [-0.25, -0.2) is 4.79 Å². The molecule has 23 heavy (non-hydrogen) atoms. The number of rotatable bonds is 10. The second-order valence-corrected chi connectivity index (χ2v) is 5.37. The van der Waals surface area contributed by atoms with Gasteiger partial charge in [0.15, 0.2) is 0 Å². The van der Waals surface area contributed by atoms with E-state index in [1.165, 1.54) is 0 Å². The summed E-state index contributed by atoms with van der Waals surface area (Å²) in [5.74, 6) is -0.0765. The first kappa shape index (κ1) is 18.8. The number of hydrogen-bond donors (Lipinski definition) is 3. The van der Waals surface area contributed by atoms with Crippen molar-refractivity contribution in [3.8, 4) is 5.75 Å². The fourth-order valence-electron chi connectivity index (χ4n) is 2.22. The predicted molar refractivity (Wildman–Crippen MR) is 88.7 cm³/mol. The van der Waals surface area contributed by atoms with E-state index in [1.807, 2.05) is 24.3 Å². The predicted octanol–water partition coefficient (Wildman–Crippen LogP) is 3.09. The Labute approximate surface area is 137 Å². The van der Waals surface area contributed by atoms with E-state index in [-0.39, 0.29) is 18.5 Å². The molecule has 3 N–H and O–H groups in total. The van der Waals surface area contributed by atoms with Crippen LogP contribution in [0.3, 0.4) is 0 Å². The number of hydrogen-bond acceptors (Lipinski definition) is 3. The SMILES string of the molecule is CCCCC(NC(=O)NCCCC(=O)O)c1ccc(OC)cc1. The van der Waals surface area contributed by atoms with Gasteiger partial charge in [0.25, 0.3) is 0 Å². The summed E-state index contributed by atoms with van der Waals surface area (Å²) in [6, 6.07) is 7.31. The van der Waals surface area contributed by atoms with Crippen molar-refractivity contribution >= 4 is 12.0 Å². The minimum Gasteiger partial charge on any atom is -0.497 e. The maximum atomic E-state index is 12.0. The Hall–Kier alpha value is -2.24. The number of carboxylic acids is 1. The highest BCUT2D eigenvalue weighted by atomic mass is 16.5. The van der Waals surface area contributed by atoms with E-state index in [2.05, 4.69) is 17.6 Å². The molecule has 0 saturated carbocycles. The standard InChI is InChI=1S/C17H26N2O4/c1-3-4-6-15(13-8-10-14(23-2)11-9-13)19-17(22)18-12-5-7-16(20)21/h8-11,15H,3-7,12H2,1-2H3,(H,20,21)(H2,18,19,22). The third-order valence-electron chi connectivity index (χ3n) is 3.52. The molecule has 128 valence electrons. The van der Waals surface area contributed by atoms with Crippen LogP contribution in [0.1, 0.15) is 50.6 Å². The Morgan fingerprint density at radius 2 is 1.91 bits per heavy atom. The zero-order valence-electron chi connectivity index (χ0n) is 13.8. The summed E-state index contributed by atoms with van der Waals surface area (Å²) in [7, 11) is 1.62. The van der Waals surface area contributed by atoms with Gasteiger partial charge in [-0.3, -0.25) is 4.79 Å². The highest BCUT2D eigenvalue weighted by molar-refractivity contribution is 5.74. The lowest BCUT2D eigenvalue weighted by Crippen LogP contribution is -2.38. The van der Waals surface area contributed by atoms with Gasteiger partial charge in [0.1, 0.15) is 5.75 Å². The molecule has 1 rings (SSSR count). The number of nitrogens with one attached hydrogen (secondary N) is 2. The van der Waals surface area contributed by atoms with Crippen molar-refractivity contribution in [1.29, 1.82) is 0 Å². The first-order valence-electron chi connectivity index (χ1n) is 7.97. The minimum atomic E-state index is -0.855. The van der Waals surface area contributed by atoms with Gasteiger partial charge >= 0.3 is 12.0 Å². The van der Waals surface area contributed by atoms with Crippen LogP contribution in [0.4, 0.5) is 4.79 Å². The van der Waals surface area contributed by atoms with E-state index in [1.54, 1.807) is 7.11 Å². The van der Waals surface area contributed by atoms with E-state index in [9.17, 15) is 9.59 Å². The molecule has 6 nitrogen and oxygen atoms in total. The number of carboxylic acid groups (broad SMARTS) is 1. The molecule has 1 atom stereocenters. The second-order valence-electron chi connectivity index (χ2n) is 5.37. The average Bonchev–Trinajstić information content (AvgIpc) is 2.55. The van der Waals surface area contributed by atoms with Gasteiger partial charge in [0, 0.05) is 13.0 Å². The number of methoxy groups -OCH3 is 1. The largest absolute Gasteiger partial charge is 0.497 e. The van der Waals surface area contributed by atoms with Crippen LogP contribution in [-0.4, -0.2) is 30.8 Å². The molecule has 0 fully saturated rings. The highest BCUT2D eigenvalue weighted by Crippen LogP contribution is 2.22. The fourth-order valence-corrected chi connectivity index (χ4v) is 2.22. The Morgan fingerprint density at radius 1 is 1.22 bits per heavy atom. The van der Waals surface area contributed by atoms with Crippen molar-refractivity contribution in [3.63, 3.8) is 0 Å². The van der Waals surface area contributed by atoms with Gasteiger partial charge in [-0.2, -0.15) is 0 Å². The number of unbranched alkanes of at least 4 members (excludes halogenated alkanes) is 1. The summed E-state index contributed by atoms with van der Waals surface area (Å²) >= 11 is 0. The van der Waals surface area contributed by atoms with E-state index < -0.39 is 5.97 Å². The third kappa shape index (κ3) is 7.54. The molecule has 0 aliphatic carbocycles. The number of aliphatic carboxylic acids is 1. The number of carbonyl (C=O) groups is 2. The fraction of sp³-hybridized carbons (Fsp3) is 0.529. The van der Waals surface area contributed by atoms with E-state index in [0.717, 1.165) is 30.6 Å². The Bertz CT molecular complexity index is 488. The van der Waals surface area contributed by atoms with Gasteiger partial charge in [-0.05, 0) is 30.5 Å². The zero-order chi connectivity index (χ0) is 17.1. The maximum absolute atomic E-state index is 12.0. The molecule has 0 saturated heterocycles. The molecule has 0 spiro atoms. The van der Waals surface area contributed by atoms with Gasteiger partial charge < -0.3 is 20.5 Å². The average molecular weight is 322 g/mol. The van der Waals surface area contributed by atoms with Crippen LogP contribution in [0, 0.1) is 0 Å². The second kappa shape index (κ2) is 10.5. The molecule has 2 amide bonds. The van der Waals surface area contributed by atoms with Crippen molar-refractivity contribution in [1.82, 2.24) is 10.6 Å². The summed E-state index contributed by atoms with van der Waals surface area (Å²) in [5, 5.41) is 14.2. The van der Waals surface area contributed by atoms with E-state index in [0.29, 0.717) is 13.0 Å². The summed E-state index contributed by atoms with van der Waals surface area (Å²) in [6.45, 7) is 2.46. The first-order valence-corrected chi connectivity index (χ1v) is 7.97. The monoisotopic (exact) mass is 322 g/mol. The molecule has 0 aromatic heterocycles. The first-order chi connectivity index (χ1) is 11.1. The Kier molecular flexibility index (Phi) is 8.57. The van der Waals surface area contributed by atoms with Crippen molar-refractivity contribution in [2.45, 2.75) is 45.1 Å². The number of carbonyl (C=O) groups excluding carboxylic acids is 1. The molecule has 1 unspecified atom stereocenters. The molecular formula is C17H26N2O4. The lowest BCUT2D eigenvalue weighted by Gasteiger charge is -2.19. The number of benzene rings is 1. The normalized spacial score (nSPS) is 11.6. The Morgan fingerprint density at radius 3 is 2.48 bits per heavy atom. The summed E-state index contributed by atoms with van der Waals surface area (Å²) in [6.07, 6.45) is 3.39. The van der Waals surface area contributed by atoms with Crippen LogP contribution >= 0.6 is 0 Å². The van der Waals surface area contributed by atoms with Crippen LogP contribution in [0.15, 0.2) is 24.3 Å². The molecule has 0 radical (unpaired) electrons. The highest BCUT2D eigenvalue weighted by Gasteiger charge is 2.14. The lowest BCUT2D eigenvalue weighted by molar-refractivity contribution is -0.137. The number of amides is 2. The Balaban J connectivity index is 2.55. The van der Waals surface area contributed by atoms with Gasteiger partial charge in [0.05, 0.1) is 13.2 Å². The summed E-state index contributed by atoms with van der Waals surface area (Å²) in [5.41, 5.74) is 1.03. The van der Waals surface area contributed by atoms with Crippen molar-refractivity contribution < 1.29 is 19.4 Å². The molecule has 0 heterocycles. The van der Waals surface area contributed by atoms with Crippen LogP contribution in [0.25, 0.3) is 0 Å². The van der Waals surface area contributed by atoms with Crippen LogP contribution in [0.5, 0.6) is 5.75 Å². The number of urea groups is 1. The molecule has 0 bridgehead atoms. The topological polar surface area (TPSA) is 87.7 Å². The molecule has 1 aromatic rings. The summed E-state index contributed by atoms with van der Waals surface area (Å²) in [4.78, 5) is 22.4. The van der Waals surface area contributed by atoms with Gasteiger partial charge in [0.2, 0.25) is 0 Å². The van der Waals surface area contributed by atoms with Crippen LogP contribution in [-0.2, 0) is 4.79 Å². The molecule has 0 aliphatic rings. The molecular weight excluding hydrogens is 296 g/mol. The number of ether oxygens (including phenoxy) is 1. The van der Waals surface area contributed by atoms with E-state index >= 15 is 0 Å². The molecule has 1 aromatic carbocycles. The lowest BCUT2D eigenvalue weighted by atomic mass is 10.0. The zero-order valence-corrected chi connectivity index (χ0v) is 13.8. The maximum Gasteiger partial charge on any atom is 0.315 e. The van der Waals surface area contributed by atoms with Crippen molar-refractivity contribution in [3.05, 3.63) is 29.8 Å². The van der Waals surface area contributed by atoms with Crippen LogP contribution in [0.2, 0.25) is 0 Å². The third-order valence-corrected chi connectivity index (χ3v) is 3.52. The van der Waals surface area contributed by atoms with Crippen molar-refractivity contribution in [2.24, 2.45) is 0 Å². The van der Waals surface area contributed by atoms with Crippen LogP contribution < -0.4 is 15.4 Å². The van der Waals surface area contributed by atoms with E-state index in [4.69, 9.17) is 9.84 Å². The van der Waals surface area contributed by atoms with Gasteiger partial charge in [-0.1, -0.05) is 31.9 Å². The smallest absolute Gasteiger partial charge is 0.315 e. The summed E-state index contributed by atoms with van der Waals surface area (Å²) < 4.78 is 5.15. The molecule has 6 heteroatoms. The molecule has 0 aliphatic heterocycles. The minimum absolute atomic E-state index is 0.0536. The quantitative estimate of drug-likeness (QED) is 0.578. The van der Waals surface area contributed by atoms with Gasteiger partial charge in [-0.15, -0.1) is 0 Å².